The smallest absolute Gasteiger partial charge is 0.196 e. The van der Waals surface area contributed by atoms with Gasteiger partial charge in [-0.3, -0.25) is 4.57 Å². The molecule has 0 unspecified atom stereocenters. The van der Waals surface area contributed by atoms with Crippen LogP contribution in [-0.2, 0) is 12.8 Å². The Labute approximate surface area is 186 Å². The van der Waals surface area contributed by atoms with E-state index in [1.165, 1.54) is 0 Å². The van der Waals surface area contributed by atoms with Crippen molar-refractivity contribution in [3.05, 3.63) is 70.2 Å². The van der Waals surface area contributed by atoms with Gasteiger partial charge in [0.25, 0.3) is 0 Å². The minimum atomic E-state index is 0.528. The zero-order valence-corrected chi connectivity index (χ0v) is 18.9. The van der Waals surface area contributed by atoms with Gasteiger partial charge in [0.15, 0.2) is 11.0 Å². The lowest BCUT2D eigenvalue weighted by Crippen LogP contribution is -2.01. The molecule has 0 saturated heterocycles. The van der Waals surface area contributed by atoms with Crippen molar-refractivity contribution >= 4 is 39.3 Å². The molecule has 9 heteroatoms. The summed E-state index contributed by atoms with van der Waals surface area (Å²) in [5.41, 5.74) is 1.82. The Morgan fingerprint density at radius 3 is 2.59 bits per heavy atom. The van der Waals surface area contributed by atoms with Gasteiger partial charge in [-0.1, -0.05) is 51.4 Å². The maximum Gasteiger partial charge on any atom is 0.196 e. The Bertz CT molecular complexity index is 1140. The lowest BCUT2D eigenvalue weighted by molar-refractivity contribution is 0.415. The number of rotatable bonds is 6. The third-order valence-corrected chi connectivity index (χ3v) is 6.13. The van der Waals surface area contributed by atoms with Gasteiger partial charge in [-0.2, -0.15) is 0 Å². The number of benzene rings is 2. The number of methoxy groups -OCH3 is 1. The Morgan fingerprint density at radius 2 is 1.93 bits per heavy atom. The predicted octanol–water partition coefficient (Wildman–Crippen LogP) is 5.38. The number of imidazole rings is 1. The van der Waals surface area contributed by atoms with E-state index in [2.05, 4.69) is 31.1 Å². The summed E-state index contributed by atoms with van der Waals surface area (Å²) in [6, 6.07) is 13.6. The standard InChI is InChI=1S/C20H17BrClN5OS/c1-26-10-9-23-18(26)12-29-20-25-24-19(13-3-5-14(21)6-4-13)27(20)15-7-8-17(28-2)16(22)11-15/h3-11H,12H2,1-2H3. The number of nitrogens with zero attached hydrogens (tertiary/aromatic N) is 5. The fraction of sp³-hybridized carbons (Fsp3) is 0.150. The van der Waals surface area contributed by atoms with Gasteiger partial charge in [0.2, 0.25) is 0 Å². The first kappa shape index (κ1) is 20.0. The van der Waals surface area contributed by atoms with Gasteiger partial charge in [-0.15, -0.1) is 10.2 Å². The minimum Gasteiger partial charge on any atom is -0.495 e. The number of thioether (sulfide) groups is 1. The van der Waals surface area contributed by atoms with Gasteiger partial charge >= 0.3 is 0 Å². The molecule has 4 rings (SSSR count). The van der Waals surface area contributed by atoms with Crippen molar-refractivity contribution in [1.82, 2.24) is 24.3 Å². The predicted molar refractivity (Wildman–Crippen MR) is 119 cm³/mol. The Hall–Kier alpha value is -2.29. The average molecular weight is 491 g/mol. The summed E-state index contributed by atoms with van der Waals surface area (Å²) >= 11 is 11.4. The van der Waals surface area contributed by atoms with Crippen LogP contribution in [0, 0.1) is 0 Å². The number of aromatic nitrogens is 5. The molecule has 2 heterocycles. The quantitative estimate of drug-likeness (QED) is 0.339. The highest BCUT2D eigenvalue weighted by atomic mass is 79.9. The van der Waals surface area contributed by atoms with Crippen molar-refractivity contribution in [2.45, 2.75) is 10.9 Å². The molecule has 0 spiro atoms. The van der Waals surface area contributed by atoms with Gasteiger partial charge in [-0.25, -0.2) is 4.98 Å². The van der Waals surface area contributed by atoms with E-state index in [4.69, 9.17) is 16.3 Å². The number of hydrogen-bond acceptors (Lipinski definition) is 5. The SMILES string of the molecule is COc1ccc(-n2c(SCc3nccn3C)nnc2-c2ccc(Br)cc2)cc1Cl. The highest BCUT2D eigenvalue weighted by molar-refractivity contribution is 9.10. The lowest BCUT2D eigenvalue weighted by atomic mass is 10.2. The summed E-state index contributed by atoms with van der Waals surface area (Å²) in [6.07, 6.45) is 3.72. The molecule has 0 amide bonds. The van der Waals surface area contributed by atoms with Crippen molar-refractivity contribution in [3.63, 3.8) is 0 Å². The van der Waals surface area contributed by atoms with E-state index in [0.29, 0.717) is 16.5 Å². The van der Waals surface area contributed by atoms with E-state index >= 15 is 0 Å². The van der Waals surface area contributed by atoms with Crippen molar-refractivity contribution < 1.29 is 4.74 Å². The molecule has 6 nitrogen and oxygen atoms in total. The molecule has 0 aliphatic rings. The van der Waals surface area contributed by atoms with Crippen LogP contribution in [0.2, 0.25) is 5.02 Å². The van der Waals surface area contributed by atoms with Crippen LogP contribution in [0.5, 0.6) is 5.75 Å². The molecule has 0 fully saturated rings. The maximum atomic E-state index is 6.39. The first-order valence-electron chi connectivity index (χ1n) is 8.71. The number of halogens is 2. The van der Waals surface area contributed by atoms with E-state index in [9.17, 15) is 0 Å². The molecule has 0 aliphatic carbocycles. The van der Waals surface area contributed by atoms with E-state index in [1.807, 2.05) is 64.8 Å². The first-order valence-corrected chi connectivity index (χ1v) is 10.9. The second-order valence-electron chi connectivity index (χ2n) is 6.21. The number of aryl methyl sites for hydroxylation is 1. The summed E-state index contributed by atoms with van der Waals surface area (Å²) in [5.74, 6) is 2.99. The third-order valence-electron chi connectivity index (χ3n) is 4.38. The topological polar surface area (TPSA) is 57.8 Å². The summed E-state index contributed by atoms with van der Waals surface area (Å²) < 4.78 is 10.3. The molecular weight excluding hydrogens is 474 g/mol. The van der Waals surface area contributed by atoms with E-state index < -0.39 is 0 Å². The van der Waals surface area contributed by atoms with Crippen LogP contribution in [0.15, 0.2) is 64.5 Å². The lowest BCUT2D eigenvalue weighted by Gasteiger charge is -2.12. The summed E-state index contributed by atoms with van der Waals surface area (Å²) in [7, 11) is 3.57. The average Bonchev–Trinajstić information content (AvgIpc) is 3.33. The van der Waals surface area contributed by atoms with Crippen molar-refractivity contribution in [1.29, 1.82) is 0 Å². The second kappa shape index (κ2) is 8.61. The maximum absolute atomic E-state index is 6.39. The largest absolute Gasteiger partial charge is 0.495 e. The fourth-order valence-electron chi connectivity index (χ4n) is 2.84. The van der Waals surface area contributed by atoms with Gasteiger partial charge < -0.3 is 9.30 Å². The summed E-state index contributed by atoms with van der Waals surface area (Å²) in [5, 5.41) is 10.2. The second-order valence-corrected chi connectivity index (χ2v) is 8.48. The molecule has 2 aromatic carbocycles. The van der Waals surface area contributed by atoms with Crippen molar-refractivity contribution in [2.75, 3.05) is 7.11 Å². The molecule has 4 aromatic rings. The Kier molecular flexibility index (Phi) is 5.94. The van der Waals surface area contributed by atoms with Crippen LogP contribution in [-0.4, -0.2) is 31.4 Å². The highest BCUT2D eigenvalue weighted by Crippen LogP contribution is 2.33. The fourth-order valence-corrected chi connectivity index (χ4v) is 4.31. The van der Waals surface area contributed by atoms with Crippen LogP contribution >= 0.6 is 39.3 Å². The van der Waals surface area contributed by atoms with Gasteiger partial charge in [-0.05, 0) is 30.3 Å². The summed E-state index contributed by atoms with van der Waals surface area (Å²) in [4.78, 5) is 4.39. The molecular formula is C20H17BrClN5OS. The normalized spacial score (nSPS) is 11.0. The molecule has 0 aliphatic heterocycles. The minimum absolute atomic E-state index is 0.528. The molecule has 0 saturated carbocycles. The molecule has 0 radical (unpaired) electrons. The van der Waals surface area contributed by atoms with Crippen molar-refractivity contribution in [3.8, 4) is 22.8 Å². The highest BCUT2D eigenvalue weighted by Gasteiger charge is 2.18. The van der Waals surface area contributed by atoms with Crippen LogP contribution in [0.3, 0.4) is 0 Å². The third kappa shape index (κ3) is 4.19. The molecule has 148 valence electrons. The van der Waals surface area contributed by atoms with Crippen molar-refractivity contribution in [2.24, 2.45) is 7.05 Å². The van der Waals surface area contributed by atoms with Crippen LogP contribution in [0.1, 0.15) is 5.82 Å². The molecule has 0 N–H and O–H groups in total. The number of hydrogen-bond donors (Lipinski definition) is 0. The molecule has 29 heavy (non-hydrogen) atoms. The zero-order valence-electron chi connectivity index (χ0n) is 15.7. The monoisotopic (exact) mass is 489 g/mol. The molecule has 0 bridgehead atoms. The Morgan fingerprint density at radius 1 is 1.14 bits per heavy atom. The first-order chi connectivity index (χ1) is 14.1. The van der Waals surface area contributed by atoms with E-state index in [0.717, 1.165) is 32.5 Å². The van der Waals surface area contributed by atoms with E-state index in [-0.39, 0.29) is 0 Å². The molecule has 0 atom stereocenters. The van der Waals surface area contributed by atoms with Gasteiger partial charge in [0.05, 0.1) is 23.6 Å². The van der Waals surface area contributed by atoms with E-state index in [1.54, 1.807) is 25.1 Å². The van der Waals surface area contributed by atoms with Crippen LogP contribution in [0.25, 0.3) is 17.1 Å². The summed E-state index contributed by atoms with van der Waals surface area (Å²) in [6.45, 7) is 0. The zero-order chi connectivity index (χ0) is 20.4. The number of ether oxygens (including phenoxy) is 1. The van der Waals surface area contributed by atoms with Crippen LogP contribution in [0.4, 0.5) is 0 Å². The molecule has 2 aromatic heterocycles. The van der Waals surface area contributed by atoms with Gasteiger partial charge in [0.1, 0.15) is 11.6 Å². The van der Waals surface area contributed by atoms with Crippen LogP contribution < -0.4 is 4.74 Å². The Balaban J connectivity index is 1.78. The van der Waals surface area contributed by atoms with Gasteiger partial charge in [0, 0.05) is 29.5 Å².